The van der Waals surface area contributed by atoms with Gasteiger partial charge >= 0.3 is 0 Å². The maximum Gasteiger partial charge on any atom is 0.183 e. The van der Waals surface area contributed by atoms with Crippen molar-refractivity contribution < 1.29 is 17.9 Å². The number of aromatic nitrogens is 2. The summed E-state index contributed by atoms with van der Waals surface area (Å²) >= 11 is 0. The summed E-state index contributed by atoms with van der Waals surface area (Å²) in [5.41, 5.74) is 2.52. The van der Waals surface area contributed by atoms with Crippen LogP contribution in [0.1, 0.15) is 18.2 Å². The van der Waals surface area contributed by atoms with Crippen LogP contribution >= 0.6 is 0 Å². The number of fused-ring (bicyclic) bond motifs is 3. The quantitative estimate of drug-likeness (QED) is 0.803. The fourth-order valence-electron chi connectivity index (χ4n) is 2.86. The molecule has 0 aliphatic carbocycles. The summed E-state index contributed by atoms with van der Waals surface area (Å²) < 4.78 is 37.6. The highest BCUT2D eigenvalue weighted by atomic mass is 32.2. The standard InChI is InChI=1S/C16H18N2O4S/c1-5-22-10(2)15-13-9-23(19,20)14-8-11(21-4)6-7-12(14)16(13)18(3)17-15/h6-8H,2,5,9H2,1,3-4H3. The Labute approximate surface area is 135 Å². The monoisotopic (exact) mass is 334 g/mol. The van der Waals surface area contributed by atoms with Crippen molar-refractivity contribution >= 4 is 15.6 Å². The summed E-state index contributed by atoms with van der Waals surface area (Å²) in [6, 6.07) is 5.05. The Morgan fingerprint density at radius 2 is 2.17 bits per heavy atom. The van der Waals surface area contributed by atoms with Crippen LogP contribution in [0.15, 0.2) is 29.7 Å². The molecule has 122 valence electrons. The van der Waals surface area contributed by atoms with Gasteiger partial charge in [0.1, 0.15) is 17.2 Å². The van der Waals surface area contributed by atoms with Crippen LogP contribution in [0.5, 0.6) is 5.75 Å². The molecule has 0 saturated carbocycles. The molecule has 2 aromatic rings. The average Bonchev–Trinajstić information content (AvgIpc) is 2.83. The van der Waals surface area contributed by atoms with E-state index in [1.165, 1.54) is 7.11 Å². The lowest BCUT2D eigenvalue weighted by atomic mass is 10.1. The Morgan fingerprint density at radius 1 is 1.43 bits per heavy atom. The van der Waals surface area contributed by atoms with Crippen LogP contribution in [0.4, 0.5) is 0 Å². The van der Waals surface area contributed by atoms with Gasteiger partial charge in [0, 0.05) is 18.2 Å². The molecule has 3 rings (SSSR count). The molecule has 0 amide bonds. The third-order valence-electron chi connectivity index (χ3n) is 3.84. The van der Waals surface area contributed by atoms with E-state index in [9.17, 15) is 8.42 Å². The largest absolute Gasteiger partial charge is 0.497 e. The predicted molar refractivity (Wildman–Crippen MR) is 86.7 cm³/mol. The van der Waals surface area contributed by atoms with Crippen LogP contribution in [0.2, 0.25) is 0 Å². The number of hydrogen-bond acceptors (Lipinski definition) is 5. The summed E-state index contributed by atoms with van der Waals surface area (Å²) in [6.07, 6.45) is 0. The minimum atomic E-state index is -3.48. The normalized spacial score (nSPS) is 14.7. The summed E-state index contributed by atoms with van der Waals surface area (Å²) in [7, 11) is -0.180. The van der Waals surface area contributed by atoms with Gasteiger partial charge in [-0.25, -0.2) is 8.42 Å². The van der Waals surface area contributed by atoms with Crippen LogP contribution in [0.3, 0.4) is 0 Å². The van der Waals surface area contributed by atoms with Crippen molar-refractivity contribution in [2.45, 2.75) is 17.6 Å². The molecule has 7 heteroatoms. The SMILES string of the molecule is C=C(OCC)c1nn(C)c2c1CS(=O)(=O)c1cc(OC)ccc1-2. The van der Waals surface area contributed by atoms with E-state index in [1.807, 2.05) is 6.92 Å². The maximum atomic E-state index is 12.7. The lowest BCUT2D eigenvalue weighted by Gasteiger charge is -2.19. The van der Waals surface area contributed by atoms with Gasteiger partial charge in [0.2, 0.25) is 0 Å². The van der Waals surface area contributed by atoms with Gasteiger partial charge in [0.15, 0.2) is 9.84 Å². The molecule has 0 atom stereocenters. The van der Waals surface area contributed by atoms with E-state index in [0.717, 1.165) is 5.69 Å². The van der Waals surface area contributed by atoms with Gasteiger partial charge in [-0.15, -0.1) is 0 Å². The van der Waals surface area contributed by atoms with Gasteiger partial charge in [0.25, 0.3) is 0 Å². The Bertz CT molecular complexity index is 897. The van der Waals surface area contributed by atoms with E-state index in [4.69, 9.17) is 9.47 Å². The van der Waals surface area contributed by atoms with Crippen molar-refractivity contribution in [2.75, 3.05) is 13.7 Å². The van der Waals surface area contributed by atoms with Gasteiger partial charge in [-0.05, 0) is 25.1 Å². The smallest absolute Gasteiger partial charge is 0.183 e. The van der Waals surface area contributed by atoms with E-state index in [1.54, 1.807) is 29.9 Å². The highest BCUT2D eigenvalue weighted by Gasteiger charge is 2.34. The molecule has 23 heavy (non-hydrogen) atoms. The minimum absolute atomic E-state index is 0.127. The Morgan fingerprint density at radius 3 is 2.83 bits per heavy atom. The summed E-state index contributed by atoms with van der Waals surface area (Å²) in [5, 5.41) is 4.41. The average molecular weight is 334 g/mol. The van der Waals surface area contributed by atoms with Crippen molar-refractivity contribution in [2.24, 2.45) is 7.05 Å². The van der Waals surface area contributed by atoms with Crippen molar-refractivity contribution in [1.29, 1.82) is 0 Å². The number of rotatable bonds is 4. The number of aryl methyl sites for hydroxylation is 1. The molecular formula is C16H18N2O4S. The van der Waals surface area contributed by atoms with E-state index < -0.39 is 9.84 Å². The second-order valence-electron chi connectivity index (χ2n) is 5.28. The highest BCUT2D eigenvalue weighted by molar-refractivity contribution is 7.90. The summed E-state index contributed by atoms with van der Waals surface area (Å²) in [5.74, 6) is 0.769. The van der Waals surface area contributed by atoms with E-state index in [-0.39, 0.29) is 10.6 Å². The van der Waals surface area contributed by atoms with Crippen LogP contribution in [0, 0.1) is 0 Å². The van der Waals surface area contributed by atoms with E-state index in [0.29, 0.717) is 34.9 Å². The number of sulfone groups is 1. The van der Waals surface area contributed by atoms with Crippen molar-refractivity contribution in [3.05, 3.63) is 36.0 Å². The molecular weight excluding hydrogens is 316 g/mol. The molecule has 1 aromatic heterocycles. The number of ether oxygens (including phenoxy) is 2. The zero-order valence-corrected chi connectivity index (χ0v) is 14.1. The number of hydrogen-bond donors (Lipinski definition) is 0. The predicted octanol–water partition coefficient (Wildman–Crippen LogP) is 2.39. The number of benzene rings is 1. The lowest BCUT2D eigenvalue weighted by molar-refractivity contribution is 0.297. The fourth-order valence-corrected chi connectivity index (χ4v) is 4.46. The maximum absolute atomic E-state index is 12.7. The Hall–Kier alpha value is -2.28. The molecule has 0 unspecified atom stereocenters. The van der Waals surface area contributed by atoms with Gasteiger partial charge < -0.3 is 9.47 Å². The molecule has 1 aromatic carbocycles. The van der Waals surface area contributed by atoms with Gasteiger partial charge in [-0.2, -0.15) is 5.10 Å². The first-order valence-electron chi connectivity index (χ1n) is 7.18. The summed E-state index contributed by atoms with van der Waals surface area (Å²) in [6.45, 7) is 6.15. The number of nitrogens with zero attached hydrogens (tertiary/aromatic N) is 2. The fraction of sp³-hybridized carbons (Fsp3) is 0.312. The molecule has 0 radical (unpaired) electrons. The first kappa shape index (κ1) is 15.6. The van der Waals surface area contributed by atoms with E-state index >= 15 is 0 Å². The number of methoxy groups -OCH3 is 1. The Balaban J connectivity index is 2.27. The third kappa shape index (κ3) is 2.41. The Kier molecular flexibility index (Phi) is 3.68. The second-order valence-corrected chi connectivity index (χ2v) is 7.23. The van der Waals surface area contributed by atoms with Gasteiger partial charge in [0.05, 0.1) is 30.1 Å². The minimum Gasteiger partial charge on any atom is -0.497 e. The topological polar surface area (TPSA) is 70.4 Å². The van der Waals surface area contributed by atoms with Gasteiger partial charge in [-0.1, -0.05) is 6.58 Å². The van der Waals surface area contributed by atoms with Crippen LogP contribution < -0.4 is 4.74 Å². The zero-order valence-electron chi connectivity index (χ0n) is 13.3. The highest BCUT2D eigenvalue weighted by Crippen LogP contribution is 2.41. The third-order valence-corrected chi connectivity index (χ3v) is 5.52. The first-order valence-corrected chi connectivity index (χ1v) is 8.83. The molecule has 6 nitrogen and oxygen atoms in total. The van der Waals surface area contributed by atoms with Crippen LogP contribution in [-0.4, -0.2) is 31.9 Å². The molecule has 0 bridgehead atoms. The second kappa shape index (κ2) is 5.42. The van der Waals surface area contributed by atoms with Gasteiger partial charge in [-0.3, -0.25) is 4.68 Å². The molecule has 0 N–H and O–H groups in total. The van der Waals surface area contributed by atoms with Crippen molar-refractivity contribution in [1.82, 2.24) is 9.78 Å². The van der Waals surface area contributed by atoms with Crippen molar-refractivity contribution in [3.8, 4) is 17.0 Å². The zero-order chi connectivity index (χ0) is 16.8. The van der Waals surface area contributed by atoms with E-state index in [2.05, 4.69) is 11.7 Å². The molecule has 0 fully saturated rings. The van der Waals surface area contributed by atoms with Crippen LogP contribution in [0.25, 0.3) is 17.0 Å². The van der Waals surface area contributed by atoms with Crippen molar-refractivity contribution in [3.63, 3.8) is 0 Å². The molecule has 0 spiro atoms. The molecule has 1 aliphatic heterocycles. The molecule has 0 saturated heterocycles. The molecule has 2 heterocycles. The lowest BCUT2D eigenvalue weighted by Crippen LogP contribution is -2.14. The summed E-state index contributed by atoms with van der Waals surface area (Å²) in [4.78, 5) is 0.265. The molecule has 1 aliphatic rings. The van der Waals surface area contributed by atoms with Crippen LogP contribution in [-0.2, 0) is 27.4 Å². The first-order chi connectivity index (χ1) is 10.9.